The minimum Gasteiger partial charge on any atom is -0.276 e. The number of para-hydroxylation sites is 1. The van der Waals surface area contributed by atoms with Crippen molar-refractivity contribution in [3.63, 3.8) is 0 Å². The van der Waals surface area contributed by atoms with Crippen LogP contribution in [0.25, 0.3) is 22.2 Å². The van der Waals surface area contributed by atoms with Crippen molar-refractivity contribution in [1.82, 2.24) is 4.98 Å². The Bertz CT molecular complexity index is 861. The fourth-order valence-electron chi connectivity index (χ4n) is 2.35. The van der Waals surface area contributed by atoms with Crippen LogP contribution in [0.15, 0.2) is 53.0 Å². The van der Waals surface area contributed by atoms with E-state index in [0.717, 1.165) is 32.2 Å². The molecule has 1 aromatic heterocycles. The summed E-state index contributed by atoms with van der Waals surface area (Å²) >= 11 is 9.20. The lowest BCUT2D eigenvalue weighted by Gasteiger charge is -2.09. The van der Waals surface area contributed by atoms with Crippen LogP contribution in [0.3, 0.4) is 0 Å². The van der Waals surface area contributed by atoms with E-state index in [1.54, 1.807) is 6.07 Å². The summed E-state index contributed by atoms with van der Waals surface area (Å²) in [4.78, 5) is 16.4. The third-order valence-corrected chi connectivity index (χ3v) is 4.07. The Morgan fingerprint density at radius 3 is 2.62 bits per heavy atom. The summed E-state index contributed by atoms with van der Waals surface area (Å²) in [5.41, 5.74) is 3.98. The molecule has 0 saturated carbocycles. The molecule has 2 nitrogen and oxygen atoms in total. The van der Waals surface area contributed by atoms with Gasteiger partial charge in [0, 0.05) is 21.0 Å². The van der Waals surface area contributed by atoms with Crippen LogP contribution in [0, 0.1) is 6.92 Å². The van der Waals surface area contributed by atoms with E-state index in [4.69, 9.17) is 16.6 Å². The van der Waals surface area contributed by atoms with Crippen LogP contribution < -0.4 is 0 Å². The molecular formula is C17H11BrClNO. The van der Waals surface area contributed by atoms with Crippen LogP contribution in [-0.2, 0) is 0 Å². The number of fused-ring (bicyclic) bond motifs is 1. The van der Waals surface area contributed by atoms with E-state index in [2.05, 4.69) is 15.9 Å². The first-order valence-electron chi connectivity index (χ1n) is 6.42. The minimum atomic E-state index is -0.468. The molecule has 0 amide bonds. The van der Waals surface area contributed by atoms with Crippen molar-refractivity contribution in [3.05, 3.63) is 64.1 Å². The first-order chi connectivity index (χ1) is 10.1. The van der Waals surface area contributed by atoms with Crippen molar-refractivity contribution < 1.29 is 4.79 Å². The number of pyridine rings is 1. The van der Waals surface area contributed by atoms with Crippen molar-refractivity contribution in [3.8, 4) is 11.3 Å². The summed E-state index contributed by atoms with van der Waals surface area (Å²) in [6.45, 7) is 1.97. The highest BCUT2D eigenvalue weighted by molar-refractivity contribution is 9.10. The third-order valence-electron chi connectivity index (χ3n) is 3.37. The van der Waals surface area contributed by atoms with E-state index in [0.29, 0.717) is 5.56 Å². The Kier molecular flexibility index (Phi) is 3.79. The molecule has 0 atom stereocenters. The maximum atomic E-state index is 11.7. The summed E-state index contributed by atoms with van der Waals surface area (Å²) in [6.07, 6.45) is 0. The van der Waals surface area contributed by atoms with Gasteiger partial charge < -0.3 is 0 Å². The van der Waals surface area contributed by atoms with Gasteiger partial charge >= 0.3 is 0 Å². The predicted molar refractivity (Wildman–Crippen MR) is 89.8 cm³/mol. The van der Waals surface area contributed by atoms with Crippen LogP contribution in [0.1, 0.15) is 15.9 Å². The van der Waals surface area contributed by atoms with E-state index in [1.165, 1.54) is 0 Å². The molecule has 0 fully saturated rings. The average Bonchev–Trinajstić information content (AvgIpc) is 2.46. The summed E-state index contributed by atoms with van der Waals surface area (Å²) < 4.78 is 0.963. The number of rotatable bonds is 2. The average molecular weight is 361 g/mol. The lowest BCUT2D eigenvalue weighted by atomic mass is 10.0. The standard InChI is InChI=1S/C17H11BrClNO/c1-10-4-2-7-13-14(17(19)21)9-15(20-16(10)13)11-5-3-6-12(18)8-11/h2-9H,1H3. The second kappa shape index (κ2) is 5.58. The van der Waals surface area contributed by atoms with Gasteiger partial charge in [-0.25, -0.2) is 4.98 Å². The Morgan fingerprint density at radius 1 is 1.14 bits per heavy atom. The van der Waals surface area contributed by atoms with E-state index in [1.807, 2.05) is 49.4 Å². The first kappa shape index (κ1) is 14.2. The zero-order valence-electron chi connectivity index (χ0n) is 11.2. The molecule has 0 saturated heterocycles. The normalized spacial score (nSPS) is 10.8. The molecule has 3 rings (SSSR count). The van der Waals surface area contributed by atoms with Crippen molar-refractivity contribution in [2.45, 2.75) is 6.92 Å². The monoisotopic (exact) mass is 359 g/mol. The van der Waals surface area contributed by atoms with Crippen molar-refractivity contribution in [2.75, 3.05) is 0 Å². The smallest absolute Gasteiger partial charge is 0.253 e. The van der Waals surface area contributed by atoms with Gasteiger partial charge in [0.05, 0.1) is 11.2 Å². The molecule has 21 heavy (non-hydrogen) atoms. The molecule has 0 spiro atoms. The highest BCUT2D eigenvalue weighted by atomic mass is 79.9. The van der Waals surface area contributed by atoms with Crippen LogP contribution in [0.4, 0.5) is 0 Å². The van der Waals surface area contributed by atoms with E-state index in [-0.39, 0.29) is 0 Å². The Labute approximate surface area is 135 Å². The fourth-order valence-corrected chi connectivity index (χ4v) is 2.91. The second-order valence-electron chi connectivity index (χ2n) is 4.81. The quantitative estimate of drug-likeness (QED) is 0.576. The van der Waals surface area contributed by atoms with Gasteiger partial charge in [-0.2, -0.15) is 0 Å². The maximum absolute atomic E-state index is 11.7. The maximum Gasteiger partial charge on any atom is 0.253 e. The van der Waals surface area contributed by atoms with Crippen LogP contribution in [0.5, 0.6) is 0 Å². The van der Waals surface area contributed by atoms with Gasteiger partial charge in [0.15, 0.2) is 0 Å². The zero-order valence-corrected chi connectivity index (χ0v) is 13.6. The van der Waals surface area contributed by atoms with Crippen molar-refractivity contribution in [2.24, 2.45) is 0 Å². The Hall–Kier alpha value is -1.71. The number of hydrogen-bond donors (Lipinski definition) is 0. The molecule has 0 aliphatic carbocycles. The van der Waals surface area contributed by atoms with Gasteiger partial charge in [0.25, 0.3) is 5.24 Å². The van der Waals surface area contributed by atoms with Gasteiger partial charge in [-0.1, -0.05) is 46.3 Å². The fraction of sp³-hybridized carbons (Fsp3) is 0.0588. The number of aromatic nitrogens is 1. The number of carbonyl (C=O) groups excluding carboxylic acids is 1. The highest BCUT2D eigenvalue weighted by Gasteiger charge is 2.13. The van der Waals surface area contributed by atoms with E-state index >= 15 is 0 Å². The Balaban J connectivity index is 2.35. The molecule has 0 radical (unpaired) electrons. The van der Waals surface area contributed by atoms with Gasteiger partial charge in [-0.3, -0.25) is 4.79 Å². The molecule has 0 unspecified atom stereocenters. The summed E-state index contributed by atoms with van der Waals surface area (Å²) in [5.74, 6) is 0. The molecule has 2 aromatic carbocycles. The van der Waals surface area contributed by atoms with Crippen LogP contribution in [-0.4, -0.2) is 10.2 Å². The molecule has 0 aliphatic rings. The third kappa shape index (κ3) is 2.71. The molecule has 0 N–H and O–H groups in total. The zero-order chi connectivity index (χ0) is 15.0. The van der Waals surface area contributed by atoms with E-state index in [9.17, 15) is 4.79 Å². The highest BCUT2D eigenvalue weighted by Crippen LogP contribution is 2.28. The number of hydrogen-bond acceptors (Lipinski definition) is 2. The summed E-state index contributed by atoms with van der Waals surface area (Å²) in [5, 5.41) is 0.318. The van der Waals surface area contributed by atoms with Crippen molar-refractivity contribution in [1.29, 1.82) is 0 Å². The number of nitrogens with zero attached hydrogens (tertiary/aromatic N) is 1. The summed E-state index contributed by atoms with van der Waals surface area (Å²) in [7, 11) is 0. The predicted octanol–water partition coefficient (Wildman–Crippen LogP) is 5.35. The van der Waals surface area contributed by atoms with Crippen LogP contribution in [0.2, 0.25) is 0 Å². The van der Waals surface area contributed by atoms with Crippen molar-refractivity contribution >= 4 is 43.7 Å². The lowest BCUT2D eigenvalue weighted by Crippen LogP contribution is -1.97. The van der Waals surface area contributed by atoms with Gasteiger partial charge in [-0.05, 0) is 42.3 Å². The van der Waals surface area contributed by atoms with Crippen LogP contribution >= 0.6 is 27.5 Å². The van der Waals surface area contributed by atoms with E-state index < -0.39 is 5.24 Å². The molecule has 104 valence electrons. The molecule has 3 aromatic rings. The minimum absolute atomic E-state index is 0.468. The number of halogens is 2. The Morgan fingerprint density at radius 2 is 1.90 bits per heavy atom. The molecule has 0 bridgehead atoms. The number of benzene rings is 2. The first-order valence-corrected chi connectivity index (χ1v) is 7.59. The summed E-state index contributed by atoms with van der Waals surface area (Å²) in [6, 6.07) is 15.3. The molecule has 0 aliphatic heterocycles. The largest absolute Gasteiger partial charge is 0.276 e. The van der Waals surface area contributed by atoms with Gasteiger partial charge in [-0.15, -0.1) is 0 Å². The molecule has 4 heteroatoms. The number of aryl methyl sites for hydroxylation is 1. The van der Waals surface area contributed by atoms with Gasteiger partial charge in [0.2, 0.25) is 0 Å². The molecule has 1 heterocycles. The lowest BCUT2D eigenvalue weighted by molar-refractivity contribution is 0.108. The SMILES string of the molecule is Cc1cccc2c(C(=O)Cl)cc(-c3cccc(Br)c3)nc12. The topological polar surface area (TPSA) is 30.0 Å². The molecular weight excluding hydrogens is 350 g/mol. The second-order valence-corrected chi connectivity index (χ2v) is 6.07. The van der Waals surface area contributed by atoms with Gasteiger partial charge in [0.1, 0.15) is 0 Å². The number of carbonyl (C=O) groups is 1.